The molecule has 7 nitrogen and oxygen atoms in total. The highest BCUT2D eigenvalue weighted by Crippen LogP contribution is 2.34. The van der Waals surface area contributed by atoms with Crippen molar-refractivity contribution in [3.05, 3.63) is 75.7 Å². The Kier molecular flexibility index (Phi) is 6.73. The van der Waals surface area contributed by atoms with Crippen molar-refractivity contribution in [1.82, 2.24) is 19.7 Å². The van der Waals surface area contributed by atoms with Gasteiger partial charge in [0.05, 0.1) is 19.9 Å². The zero-order valence-corrected chi connectivity index (χ0v) is 18.8. The summed E-state index contributed by atoms with van der Waals surface area (Å²) >= 11 is 3.07. The lowest BCUT2D eigenvalue weighted by Crippen LogP contribution is -2.18. The molecule has 0 amide bonds. The van der Waals surface area contributed by atoms with Crippen molar-refractivity contribution in [3.8, 4) is 22.1 Å². The Labute approximate surface area is 188 Å². The number of thiazole rings is 1. The summed E-state index contributed by atoms with van der Waals surface area (Å²) < 4.78 is 12.4. The summed E-state index contributed by atoms with van der Waals surface area (Å²) in [4.78, 5) is 16.9. The predicted octanol–water partition coefficient (Wildman–Crippen LogP) is 4.25. The molecular formula is C22H22N4O3S2. The Balaban J connectivity index is 1.43. The van der Waals surface area contributed by atoms with Crippen LogP contribution in [0.2, 0.25) is 0 Å². The van der Waals surface area contributed by atoms with Crippen LogP contribution in [-0.2, 0) is 18.7 Å². The zero-order chi connectivity index (χ0) is 21.6. The lowest BCUT2D eigenvalue weighted by molar-refractivity contribution is 0.355. The summed E-state index contributed by atoms with van der Waals surface area (Å²) in [5, 5.41) is 10.3. The van der Waals surface area contributed by atoms with Gasteiger partial charge in [0.1, 0.15) is 5.01 Å². The van der Waals surface area contributed by atoms with Gasteiger partial charge in [-0.15, -0.1) is 16.4 Å². The number of benzene rings is 2. The molecule has 2 aromatic carbocycles. The van der Waals surface area contributed by atoms with E-state index in [9.17, 15) is 4.79 Å². The topological polar surface area (TPSA) is 82.0 Å². The molecule has 9 heteroatoms. The lowest BCUT2D eigenvalue weighted by Gasteiger charge is -2.08. The normalized spacial score (nSPS) is 10.9. The molecule has 0 saturated carbocycles. The second kappa shape index (κ2) is 9.84. The maximum Gasteiger partial charge on any atom is 0.343 e. The van der Waals surface area contributed by atoms with Crippen LogP contribution in [0.3, 0.4) is 0 Å². The smallest absolute Gasteiger partial charge is 0.343 e. The van der Waals surface area contributed by atoms with Crippen molar-refractivity contribution >= 4 is 23.1 Å². The van der Waals surface area contributed by atoms with Gasteiger partial charge in [0.15, 0.2) is 16.7 Å². The largest absolute Gasteiger partial charge is 0.493 e. The summed E-state index contributed by atoms with van der Waals surface area (Å²) in [6.07, 6.45) is 0.772. The highest BCUT2D eigenvalue weighted by Gasteiger charge is 2.13. The van der Waals surface area contributed by atoms with E-state index in [1.54, 1.807) is 30.1 Å². The van der Waals surface area contributed by atoms with Crippen LogP contribution < -0.4 is 15.2 Å². The van der Waals surface area contributed by atoms with Crippen molar-refractivity contribution in [3.63, 3.8) is 0 Å². The van der Waals surface area contributed by atoms with E-state index in [0.717, 1.165) is 22.7 Å². The molecule has 0 radical (unpaired) electrons. The minimum atomic E-state index is -0.192. The summed E-state index contributed by atoms with van der Waals surface area (Å²) in [5.41, 5.74) is 2.90. The number of hydrogen-bond donors (Lipinski definition) is 1. The summed E-state index contributed by atoms with van der Waals surface area (Å²) in [5.74, 6) is 1.98. The van der Waals surface area contributed by atoms with E-state index in [-0.39, 0.29) is 5.69 Å². The second-order valence-electron chi connectivity index (χ2n) is 6.70. The fourth-order valence-corrected chi connectivity index (χ4v) is 4.90. The molecule has 4 aromatic rings. The quantitative estimate of drug-likeness (QED) is 0.381. The number of aromatic amines is 1. The minimum absolute atomic E-state index is 0.192. The van der Waals surface area contributed by atoms with Gasteiger partial charge in [-0.25, -0.2) is 14.9 Å². The molecule has 1 N–H and O–H groups in total. The standard InChI is InChI=1S/C22H22N4O3S2/c1-28-18-9-8-16(12-19(18)29-2)20-23-17(13-30-20)14-31-22-25-24-21(27)26(22)11-10-15-6-4-3-5-7-15/h3-9,12-13H,10-11,14H2,1-2H3,(H,24,27). The molecule has 0 aliphatic rings. The Hall–Kier alpha value is -3.04. The number of nitrogens with zero attached hydrogens (tertiary/aromatic N) is 3. The molecule has 0 aliphatic carbocycles. The maximum absolute atomic E-state index is 12.2. The number of H-pyrrole nitrogens is 1. The molecule has 2 heterocycles. The van der Waals surface area contributed by atoms with Gasteiger partial charge >= 0.3 is 5.69 Å². The molecular weight excluding hydrogens is 432 g/mol. The molecule has 0 atom stereocenters. The Morgan fingerprint density at radius 3 is 2.68 bits per heavy atom. The monoisotopic (exact) mass is 454 g/mol. The minimum Gasteiger partial charge on any atom is -0.493 e. The van der Waals surface area contributed by atoms with Gasteiger partial charge in [-0.3, -0.25) is 4.57 Å². The first-order chi connectivity index (χ1) is 15.2. The molecule has 0 bridgehead atoms. The molecule has 160 valence electrons. The Morgan fingerprint density at radius 1 is 1.10 bits per heavy atom. The number of aryl methyl sites for hydroxylation is 1. The Bertz CT molecular complexity index is 1200. The second-order valence-corrected chi connectivity index (χ2v) is 8.50. The van der Waals surface area contributed by atoms with Crippen molar-refractivity contribution in [2.75, 3.05) is 14.2 Å². The summed E-state index contributed by atoms with van der Waals surface area (Å²) in [6.45, 7) is 0.579. The first-order valence-corrected chi connectivity index (χ1v) is 11.5. The van der Waals surface area contributed by atoms with E-state index in [4.69, 9.17) is 14.5 Å². The summed E-state index contributed by atoms with van der Waals surface area (Å²) in [7, 11) is 3.23. The van der Waals surface area contributed by atoms with Crippen LogP contribution in [-0.4, -0.2) is 34.0 Å². The van der Waals surface area contributed by atoms with Gasteiger partial charge in [-0.05, 0) is 30.2 Å². The van der Waals surface area contributed by atoms with E-state index in [1.807, 2.05) is 41.8 Å². The van der Waals surface area contributed by atoms with Crippen LogP contribution in [0, 0.1) is 0 Å². The van der Waals surface area contributed by atoms with Crippen LogP contribution in [0.1, 0.15) is 11.3 Å². The lowest BCUT2D eigenvalue weighted by atomic mass is 10.1. The molecule has 0 unspecified atom stereocenters. The molecule has 0 saturated heterocycles. The first kappa shape index (κ1) is 21.2. The first-order valence-electron chi connectivity index (χ1n) is 9.66. The third-order valence-corrected chi connectivity index (χ3v) is 6.67. The van der Waals surface area contributed by atoms with Gasteiger partial charge in [0, 0.05) is 23.2 Å². The predicted molar refractivity (Wildman–Crippen MR) is 123 cm³/mol. The van der Waals surface area contributed by atoms with Gasteiger partial charge < -0.3 is 9.47 Å². The molecule has 31 heavy (non-hydrogen) atoms. The van der Waals surface area contributed by atoms with Crippen molar-refractivity contribution in [2.24, 2.45) is 0 Å². The molecule has 0 spiro atoms. The average Bonchev–Trinajstić information content (AvgIpc) is 3.43. The number of hydrogen-bond acceptors (Lipinski definition) is 7. The van der Waals surface area contributed by atoms with Crippen molar-refractivity contribution < 1.29 is 9.47 Å². The zero-order valence-electron chi connectivity index (χ0n) is 17.2. The number of rotatable bonds is 9. The number of aromatic nitrogens is 4. The van der Waals surface area contributed by atoms with Gasteiger partial charge in [-0.1, -0.05) is 42.1 Å². The van der Waals surface area contributed by atoms with E-state index >= 15 is 0 Å². The fourth-order valence-electron chi connectivity index (χ4n) is 3.11. The third-order valence-electron chi connectivity index (χ3n) is 4.72. The van der Waals surface area contributed by atoms with Crippen LogP contribution in [0.5, 0.6) is 11.5 Å². The highest BCUT2D eigenvalue weighted by molar-refractivity contribution is 7.98. The molecule has 0 fully saturated rings. The molecule has 2 aromatic heterocycles. The number of thioether (sulfide) groups is 1. The fraction of sp³-hybridized carbons (Fsp3) is 0.227. The maximum atomic E-state index is 12.2. The van der Waals surface area contributed by atoms with Crippen LogP contribution >= 0.6 is 23.1 Å². The highest BCUT2D eigenvalue weighted by atomic mass is 32.2. The van der Waals surface area contributed by atoms with Crippen LogP contribution in [0.25, 0.3) is 10.6 Å². The van der Waals surface area contributed by atoms with E-state index in [2.05, 4.69) is 22.3 Å². The number of ether oxygens (including phenoxy) is 2. The van der Waals surface area contributed by atoms with Crippen molar-refractivity contribution in [2.45, 2.75) is 23.9 Å². The van der Waals surface area contributed by atoms with E-state index in [1.165, 1.54) is 17.3 Å². The van der Waals surface area contributed by atoms with Crippen LogP contribution in [0.15, 0.2) is 63.9 Å². The van der Waals surface area contributed by atoms with E-state index < -0.39 is 0 Å². The number of nitrogens with one attached hydrogen (secondary N) is 1. The van der Waals surface area contributed by atoms with Crippen LogP contribution in [0.4, 0.5) is 0 Å². The number of methoxy groups -OCH3 is 2. The SMILES string of the molecule is COc1ccc(-c2nc(CSc3n[nH]c(=O)n3CCc3ccccc3)cs2)cc1OC. The average molecular weight is 455 g/mol. The summed E-state index contributed by atoms with van der Waals surface area (Å²) in [6, 6.07) is 15.9. The van der Waals surface area contributed by atoms with Gasteiger partial charge in [0.25, 0.3) is 0 Å². The molecule has 0 aliphatic heterocycles. The third kappa shape index (κ3) is 5.00. The van der Waals surface area contributed by atoms with Crippen molar-refractivity contribution in [1.29, 1.82) is 0 Å². The Morgan fingerprint density at radius 2 is 1.90 bits per heavy atom. The molecule has 4 rings (SSSR count). The van der Waals surface area contributed by atoms with Gasteiger partial charge in [-0.2, -0.15) is 0 Å². The van der Waals surface area contributed by atoms with Gasteiger partial charge in [0.2, 0.25) is 0 Å². The van der Waals surface area contributed by atoms with E-state index in [0.29, 0.717) is 29.0 Å².